The molecule has 0 aliphatic carbocycles. The zero-order valence-corrected chi connectivity index (χ0v) is 14.8. The van der Waals surface area contributed by atoms with Crippen molar-refractivity contribution in [1.29, 1.82) is 0 Å². The predicted molar refractivity (Wildman–Crippen MR) is 96.9 cm³/mol. The van der Waals surface area contributed by atoms with Crippen LogP contribution in [0.15, 0.2) is 41.2 Å². The van der Waals surface area contributed by atoms with Crippen LogP contribution in [0.4, 0.5) is 5.69 Å². The molecule has 0 saturated carbocycles. The Labute approximate surface area is 151 Å². The van der Waals surface area contributed by atoms with E-state index >= 15 is 0 Å². The molecule has 1 heterocycles. The Kier molecular flexibility index (Phi) is 7.04. The molecule has 2 amide bonds. The molecular formula is C18H22N4O4. The summed E-state index contributed by atoms with van der Waals surface area (Å²) in [4.78, 5) is 35.5. The molecule has 0 aliphatic heterocycles. The Bertz CT molecular complexity index is 832. The number of nitrogens with one attached hydrogen (secondary N) is 2. The van der Waals surface area contributed by atoms with E-state index in [0.717, 1.165) is 12.0 Å². The highest BCUT2D eigenvalue weighted by Crippen LogP contribution is 2.10. The first-order chi connectivity index (χ1) is 12.5. The lowest BCUT2D eigenvalue weighted by atomic mass is 10.2. The van der Waals surface area contributed by atoms with E-state index in [1.165, 1.54) is 23.9 Å². The number of nitrogens with zero attached hydrogens (tertiary/aromatic N) is 2. The monoisotopic (exact) mass is 358 g/mol. The van der Waals surface area contributed by atoms with Gasteiger partial charge in [-0.15, -0.1) is 0 Å². The van der Waals surface area contributed by atoms with E-state index in [9.17, 15) is 14.4 Å². The molecule has 0 radical (unpaired) electrons. The standard InChI is InChI=1S/C18H22N4O4/c1-3-9-22-17(24)8-7-15(21-22)18(25)19-11-13-5-4-6-14(10-13)20-16(23)12-26-2/h4-8,10H,3,9,11-12H2,1-2H3,(H,19,25)(H,20,23). The number of hydrogen-bond donors (Lipinski definition) is 2. The van der Waals surface area contributed by atoms with Crippen LogP contribution in [0, 0.1) is 0 Å². The molecule has 0 fully saturated rings. The van der Waals surface area contributed by atoms with Crippen molar-refractivity contribution in [2.24, 2.45) is 0 Å². The van der Waals surface area contributed by atoms with Crippen LogP contribution in [0.2, 0.25) is 0 Å². The maximum atomic E-state index is 12.3. The maximum absolute atomic E-state index is 12.3. The zero-order valence-electron chi connectivity index (χ0n) is 14.8. The predicted octanol–water partition coefficient (Wildman–Crippen LogP) is 1.17. The summed E-state index contributed by atoms with van der Waals surface area (Å²) in [5.41, 5.74) is 1.38. The summed E-state index contributed by atoms with van der Waals surface area (Å²) >= 11 is 0. The van der Waals surface area contributed by atoms with Crippen LogP contribution >= 0.6 is 0 Å². The van der Waals surface area contributed by atoms with Gasteiger partial charge in [0.15, 0.2) is 0 Å². The fourth-order valence-electron chi connectivity index (χ4n) is 2.30. The quantitative estimate of drug-likeness (QED) is 0.737. The number of benzene rings is 1. The van der Waals surface area contributed by atoms with Crippen molar-refractivity contribution in [3.05, 3.63) is 58.0 Å². The smallest absolute Gasteiger partial charge is 0.271 e. The van der Waals surface area contributed by atoms with Crippen molar-refractivity contribution >= 4 is 17.5 Å². The number of anilines is 1. The van der Waals surface area contributed by atoms with Crippen LogP contribution in [-0.2, 0) is 22.6 Å². The lowest BCUT2D eigenvalue weighted by Crippen LogP contribution is -2.29. The van der Waals surface area contributed by atoms with E-state index < -0.39 is 0 Å². The molecule has 8 heteroatoms. The maximum Gasteiger partial charge on any atom is 0.271 e. The molecule has 0 saturated heterocycles. The molecule has 0 aliphatic rings. The average molecular weight is 358 g/mol. The van der Waals surface area contributed by atoms with Crippen molar-refractivity contribution in [3.8, 4) is 0 Å². The van der Waals surface area contributed by atoms with E-state index in [0.29, 0.717) is 12.2 Å². The Morgan fingerprint density at radius 2 is 2.04 bits per heavy atom. The first-order valence-electron chi connectivity index (χ1n) is 8.27. The molecule has 0 spiro atoms. The molecule has 8 nitrogen and oxygen atoms in total. The molecule has 138 valence electrons. The van der Waals surface area contributed by atoms with Crippen LogP contribution in [0.3, 0.4) is 0 Å². The third-order valence-corrected chi connectivity index (χ3v) is 3.47. The summed E-state index contributed by atoms with van der Waals surface area (Å²) in [6.45, 7) is 2.63. The molecule has 0 atom stereocenters. The van der Waals surface area contributed by atoms with Gasteiger partial charge in [-0.2, -0.15) is 5.10 Å². The number of aryl methyl sites for hydroxylation is 1. The number of carbonyl (C=O) groups is 2. The number of aromatic nitrogens is 2. The lowest BCUT2D eigenvalue weighted by molar-refractivity contribution is -0.119. The Morgan fingerprint density at radius 3 is 2.77 bits per heavy atom. The van der Waals surface area contributed by atoms with Crippen molar-refractivity contribution in [2.75, 3.05) is 19.0 Å². The number of rotatable bonds is 8. The lowest BCUT2D eigenvalue weighted by Gasteiger charge is -2.09. The topological polar surface area (TPSA) is 102 Å². The van der Waals surface area contributed by atoms with Crippen LogP contribution in [-0.4, -0.2) is 35.3 Å². The zero-order chi connectivity index (χ0) is 18.9. The van der Waals surface area contributed by atoms with Gasteiger partial charge in [-0.25, -0.2) is 4.68 Å². The summed E-state index contributed by atoms with van der Waals surface area (Å²) < 4.78 is 6.05. The van der Waals surface area contributed by atoms with Crippen LogP contribution < -0.4 is 16.2 Å². The molecule has 2 aromatic rings. The van der Waals surface area contributed by atoms with E-state index in [4.69, 9.17) is 4.74 Å². The van der Waals surface area contributed by atoms with E-state index in [-0.39, 0.29) is 36.2 Å². The number of methoxy groups -OCH3 is 1. The van der Waals surface area contributed by atoms with Gasteiger partial charge in [-0.05, 0) is 30.2 Å². The van der Waals surface area contributed by atoms with E-state index in [1.54, 1.807) is 18.2 Å². The Hall–Kier alpha value is -3.00. The van der Waals surface area contributed by atoms with E-state index in [1.807, 2.05) is 13.0 Å². The molecule has 0 bridgehead atoms. The van der Waals surface area contributed by atoms with Gasteiger partial charge in [0.25, 0.3) is 11.5 Å². The SMILES string of the molecule is CCCn1nc(C(=O)NCc2cccc(NC(=O)COC)c2)ccc1=O. The van der Waals surface area contributed by atoms with Gasteiger partial charge in [0.2, 0.25) is 5.91 Å². The minimum atomic E-state index is -0.372. The highest BCUT2D eigenvalue weighted by atomic mass is 16.5. The molecular weight excluding hydrogens is 336 g/mol. The third kappa shape index (κ3) is 5.52. The number of hydrogen-bond acceptors (Lipinski definition) is 5. The van der Waals surface area contributed by atoms with Crippen LogP contribution in [0.1, 0.15) is 29.4 Å². The molecule has 1 aromatic heterocycles. The van der Waals surface area contributed by atoms with Gasteiger partial charge in [0.1, 0.15) is 12.3 Å². The summed E-state index contributed by atoms with van der Waals surface area (Å²) in [6, 6.07) is 9.87. The second-order valence-corrected chi connectivity index (χ2v) is 5.64. The summed E-state index contributed by atoms with van der Waals surface area (Å²) in [5, 5.41) is 9.53. The normalized spacial score (nSPS) is 10.4. The number of ether oxygens (including phenoxy) is 1. The second kappa shape index (κ2) is 9.47. The van der Waals surface area contributed by atoms with Crippen molar-refractivity contribution < 1.29 is 14.3 Å². The molecule has 2 N–H and O–H groups in total. The minimum Gasteiger partial charge on any atom is -0.375 e. The van der Waals surface area contributed by atoms with E-state index in [2.05, 4.69) is 15.7 Å². The molecule has 1 aromatic carbocycles. The van der Waals surface area contributed by atoms with Crippen LogP contribution in [0.5, 0.6) is 0 Å². The summed E-state index contributed by atoms with van der Waals surface area (Å²) in [7, 11) is 1.45. The minimum absolute atomic E-state index is 0.0277. The highest BCUT2D eigenvalue weighted by Gasteiger charge is 2.09. The van der Waals surface area contributed by atoms with Crippen molar-refractivity contribution in [3.63, 3.8) is 0 Å². The Balaban J connectivity index is 2.00. The Morgan fingerprint density at radius 1 is 1.23 bits per heavy atom. The average Bonchev–Trinajstić information content (AvgIpc) is 2.62. The summed E-state index contributed by atoms with van der Waals surface area (Å²) in [6.07, 6.45) is 0.750. The van der Waals surface area contributed by atoms with Gasteiger partial charge < -0.3 is 15.4 Å². The first kappa shape index (κ1) is 19.3. The van der Waals surface area contributed by atoms with Crippen molar-refractivity contribution in [2.45, 2.75) is 26.4 Å². The first-order valence-corrected chi connectivity index (χ1v) is 8.27. The molecule has 26 heavy (non-hydrogen) atoms. The largest absolute Gasteiger partial charge is 0.375 e. The van der Waals surface area contributed by atoms with Gasteiger partial charge in [-0.3, -0.25) is 14.4 Å². The highest BCUT2D eigenvalue weighted by molar-refractivity contribution is 5.92. The molecule has 0 unspecified atom stereocenters. The van der Waals surface area contributed by atoms with Gasteiger partial charge >= 0.3 is 0 Å². The van der Waals surface area contributed by atoms with Gasteiger partial charge in [0, 0.05) is 32.0 Å². The number of carbonyl (C=O) groups excluding carboxylic acids is 2. The fourth-order valence-corrected chi connectivity index (χ4v) is 2.30. The van der Waals surface area contributed by atoms with Crippen molar-refractivity contribution in [1.82, 2.24) is 15.1 Å². The fraction of sp³-hybridized carbons (Fsp3) is 0.333. The number of amides is 2. The summed E-state index contributed by atoms with van der Waals surface area (Å²) in [5.74, 6) is -0.625. The van der Waals surface area contributed by atoms with Crippen LogP contribution in [0.25, 0.3) is 0 Å². The van der Waals surface area contributed by atoms with Gasteiger partial charge in [-0.1, -0.05) is 19.1 Å². The third-order valence-electron chi connectivity index (χ3n) is 3.47. The second-order valence-electron chi connectivity index (χ2n) is 5.64. The van der Waals surface area contributed by atoms with Gasteiger partial charge in [0.05, 0.1) is 0 Å². The molecule has 2 rings (SSSR count).